The number of methoxy groups -OCH3 is 3. The second-order valence-electron chi connectivity index (χ2n) is 6.40. The van der Waals surface area contributed by atoms with Crippen LogP contribution >= 0.6 is 0 Å². The summed E-state index contributed by atoms with van der Waals surface area (Å²) in [4.78, 5) is 9.68. The van der Waals surface area contributed by atoms with Crippen molar-refractivity contribution >= 4 is 22.2 Å². The van der Waals surface area contributed by atoms with E-state index in [9.17, 15) is 0 Å². The molecule has 4 rings (SSSR count). The summed E-state index contributed by atoms with van der Waals surface area (Å²) in [6, 6.07) is 17.6. The first-order chi connectivity index (χ1) is 13.8. The fourth-order valence-electron chi connectivity index (χ4n) is 3.34. The molecule has 0 radical (unpaired) electrons. The summed E-state index contributed by atoms with van der Waals surface area (Å²) in [6.45, 7) is 0.371. The Morgan fingerprint density at radius 2 is 1.54 bits per heavy atom. The van der Waals surface area contributed by atoms with Crippen LogP contribution in [-0.2, 0) is 14.2 Å². The molecule has 0 spiro atoms. The van der Waals surface area contributed by atoms with Gasteiger partial charge in [0.15, 0.2) is 5.65 Å². The van der Waals surface area contributed by atoms with Crippen molar-refractivity contribution in [2.45, 2.75) is 12.2 Å². The van der Waals surface area contributed by atoms with Gasteiger partial charge in [0.1, 0.15) is 23.4 Å². The minimum atomic E-state index is -0.451. The zero-order chi connectivity index (χ0) is 19.5. The Balaban J connectivity index is 1.98. The van der Waals surface area contributed by atoms with Crippen LogP contribution in [0.3, 0.4) is 0 Å². The van der Waals surface area contributed by atoms with Crippen molar-refractivity contribution in [1.29, 1.82) is 0 Å². The van der Waals surface area contributed by atoms with Crippen LogP contribution in [0.15, 0.2) is 54.6 Å². The molecule has 2 heterocycles. The molecule has 2 aromatic heterocycles. The minimum absolute atomic E-state index is 0.328. The van der Waals surface area contributed by atoms with Gasteiger partial charge in [-0.2, -0.15) is 5.10 Å². The third kappa shape index (κ3) is 3.24. The molecule has 144 valence electrons. The van der Waals surface area contributed by atoms with Gasteiger partial charge in [0.05, 0.1) is 23.3 Å². The third-order valence-electron chi connectivity index (χ3n) is 4.70. The average molecular weight is 378 g/mol. The maximum Gasteiger partial charge on any atom is 0.182 e. The van der Waals surface area contributed by atoms with Crippen LogP contribution in [0.2, 0.25) is 0 Å². The number of hydrogen-bond donors (Lipinski definition) is 0. The van der Waals surface area contributed by atoms with Crippen molar-refractivity contribution in [3.8, 4) is 5.69 Å². The molecule has 0 amide bonds. The Hall–Kier alpha value is -2.87. The van der Waals surface area contributed by atoms with E-state index in [1.807, 2.05) is 54.6 Å². The predicted molar refractivity (Wildman–Crippen MR) is 107 cm³/mol. The van der Waals surface area contributed by atoms with E-state index < -0.39 is 6.10 Å². The molecular formula is C21H22N4O3. The smallest absolute Gasteiger partial charge is 0.182 e. The van der Waals surface area contributed by atoms with Gasteiger partial charge in [-0.3, -0.25) is 0 Å². The van der Waals surface area contributed by atoms with Gasteiger partial charge in [-0.25, -0.2) is 14.6 Å². The van der Waals surface area contributed by atoms with Gasteiger partial charge >= 0.3 is 0 Å². The number of benzene rings is 2. The summed E-state index contributed by atoms with van der Waals surface area (Å²) in [5, 5.41) is 4.84. The standard InChI is InChI=1S/C21H22N4O3/c1-26-13-17(27-2)20(28-3)18-19-21(23-16-12-8-7-11-15(16)22-19)25(24-18)14-9-5-4-6-10-14/h4-12,17,20H,13H2,1-3H3. The lowest BCUT2D eigenvalue weighted by atomic mass is 10.1. The highest BCUT2D eigenvalue weighted by atomic mass is 16.6. The Morgan fingerprint density at radius 1 is 0.857 bits per heavy atom. The topological polar surface area (TPSA) is 71.3 Å². The molecule has 7 heteroatoms. The lowest BCUT2D eigenvalue weighted by molar-refractivity contribution is -0.0708. The molecule has 0 fully saturated rings. The van der Waals surface area contributed by atoms with E-state index >= 15 is 0 Å². The fourth-order valence-corrected chi connectivity index (χ4v) is 3.34. The summed E-state index contributed by atoms with van der Waals surface area (Å²) in [5.74, 6) is 0. The molecule has 28 heavy (non-hydrogen) atoms. The number of para-hydroxylation sites is 3. The first-order valence-corrected chi connectivity index (χ1v) is 9.02. The maximum absolute atomic E-state index is 5.76. The first-order valence-electron chi connectivity index (χ1n) is 9.02. The molecule has 2 atom stereocenters. The Kier molecular flexibility index (Phi) is 5.29. The van der Waals surface area contributed by atoms with Crippen molar-refractivity contribution in [1.82, 2.24) is 19.7 Å². The van der Waals surface area contributed by atoms with E-state index in [4.69, 9.17) is 29.3 Å². The minimum Gasteiger partial charge on any atom is -0.382 e. The van der Waals surface area contributed by atoms with E-state index in [1.165, 1.54) is 0 Å². The van der Waals surface area contributed by atoms with E-state index in [0.717, 1.165) is 16.7 Å². The number of hydrogen-bond acceptors (Lipinski definition) is 6. The molecule has 2 unspecified atom stereocenters. The van der Waals surface area contributed by atoms with Gasteiger partial charge in [-0.1, -0.05) is 30.3 Å². The number of fused-ring (bicyclic) bond motifs is 2. The molecule has 7 nitrogen and oxygen atoms in total. The van der Waals surface area contributed by atoms with Crippen LogP contribution in [0.5, 0.6) is 0 Å². The van der Waals surface area contributed by atoms with Crippen LogP contribution in [0.25, 0.3) is 27.9 Å². The quantitative estimate of drug-likeness (QED) is 0.491. The SMILES string of the molecule is COCC(OC)C(OC)c1nn(-c2ccccc2)c2nc3ccccc3nc12. The number of nitrogens with zero attached hydrogens (tertiary/aromatic N) is 4. The van der Waals surface area contributed by atoms with Crippen LogP contribution in [0, 0.1) is 0 Å². The lowest BCUT2D eigenvalue weighted by Crippen LogP contribution is -2.28. The molecule has 0 aliphatic rings. The van der Waals surface area contributed by atoms with E-state index in [1.54, 1.807) is 26.0 Å². The summed E-state index contributed by atoms with van der Waals surface area (Å²) < 4.78 is 18.5. The van der Waals surface area contributed by atoms with Crippen molar-refractivity contribution in [3.63, 3.8) is 0 Å². The van der Waals surface area contributed by atoms with E-state index in [-0.39, 0.29) is 6.10 Å². The highest BCUT2D eigenvalue weighted by Crippen LogP contribution is 2.30. The van der Waals surface area contributed by atoms with Crippen molar-refractivity contribution in [3.05, 3.63) is 60.3 Å². The van der Waals surface area contributed by atoms with Crippen molar-refractivity contribution in [2.24, 2.45) is 0 Å². The molecule has 2 aromatic carbocycles. The van der Waals surface area contributed by atoms with Gasteiger partial charge in [0.2, 0.25) is 0 Å². The van der Waals surface area contributed by atoms with Crippen molar-refractivity contribution < 1.29 is 14.2 Å². The third-order valence-corrected chi connectivity index (χ3v) is 4.70. The van der Waals surface area contributed by atoms with E-state index in [2.05, 4.69) is 0 Å². The number of aromatic nitrogens is 4. The summed E-state index contributed by atoms with van der Waals surface area (Å²) >= 11 is 0. The molecular weight excluding hydrogens is 356 g/mol. The molecule has 0 aliphatic carbocycles. The van der Waals surface area contributed by atoms with Crippen LogP contribution in [-0.4, -0.2) is 53.8 Å². The zero-order valence-electron chi connectivity index (χ0n) is 16.1. The van der Waals surface area contributed by atoms with E-state index in [0.29, 0.717) is 23.5 Å². The number of rotatable bonds is 7. The first kappa shape index (κ1) is 18.5. The molecule has 0 saturated carbocycles. The second-order valence-corrected chi connectivity index (χ2v) is 6.40. The van der Waals surface area contributed by atoms with Gasteiger partial charge in [-0.05, 0) is 24.3 Å². The highest BCUT2D eigenvalue weighted by molar-refractivity contribution is 5.86. The molecule has 0 bridgehead atoms. The number of ether oxygens (including phenoxy) is 3. The normalized spacial score (nSPS) is 13.8. The summed E-state index contributed by atoms with van der Waals surface area (Å²) in [7, 11) is 4.90. The molecule has 0 N–H and O–H groups in total. The Labute approximate surface area is 162 Å². The summed E-state index contributed by atoms with van der Waals surface area (Å²) in [6.07, 6.45) is -0.779. The van der Waals surface area contributed by atoms with Gasteiger partial charge in [0, 0.05) is 21.3 Å². The van der Waals surface area contributed by atoms with Gasteiger partial charge in [0.25, 0.3) is 0 Å². The predicted octanol–water partition coefficient (Wildman–Crippen LogP) is 3.32. The van der Waals surface area contributed by atoms with Crippen molar-refractivity contribution in [2.75, 3.05) is 27.9 Å². The average Bonchev–Trinajstić information content (AvgIpc) is 3.11. The van der Waals surface area contributed by atoms with Gasteiger partial charge < -0.3 is 14.2 Å². The molecule has 4 aromatic rings. The van der Waals surface area contributed by atoms with Crippen LogP contribution in [0.1, 0.15) is 11.8 Å². The largest absolute Gasteiger partial charge is 0.382 e. The van der Waals surface area contributed by atoms with Crippen LogP contribution < -0.4 is 0 Å². The highest BCUT2D eigenvalue weighted by Gasteiger charge is 2.30. The van der Waals surface area contributed by atoms with Gasteiger partial charge in [-0.15, -0.1) is 0 Å². The second kappa shape index (κ2) is 8.02. The monoisotopic (exact) mass is 378 g/mol. The maximum atomic E-state index is 5.76. The Bertz CT molecular complexity index is 1080. The van der Waals surface area contributed by atoms with Crippen LogP contribution in [0.4, 0.5) is 0 Å². The Morgan fingerprint density at radius 3 is 2.18 bits per heavy atom. The summed E-state index contributed by atoms with van der Waals surface area (Å²) in [5.41, 5.74) is 4.55. The fraction of sp³-hybridized carbons (Fsp3) is 0.286. The zero-order valence-corrected chi connectivity index (χ0v) is 16.1. The molecule has 0 aliphatic heterocycles. The molecule has 0 saturated heterocycles. The lowest BCUT2D eigenvalue weighted by Gasteiger charge is -2.22.